The Kier molecular flexibility index (Phi) is 7.79. The first-order chi connectivity index (χ1) is 17.5. The SMILES string of the molecule is CC(C)(C)c1cc(C(=O)c2ccc(C(=O)c3cc(C(C)(C)C)c(O)c(C(C)(C)C)c3)s2)cc(C(C)(C)C)c1O. The van der Waals surface area contributed by atoms with Crippen molar-refractivity contribution in [3.05, 3.63) is 79.5 Å². The van der Waals surface area contributed by atoms with Gasteiger partial charge in [-0.1, -0.05) is 83.1 Å². The van der Waals surface area contributed by atoms with E-state index < -0.39 is 0 Å². The van der Waals surface area contributed by atoms with Crippen LogP contribution in [-0.2, 0) is 21.7 Å². The topological polar surface area (TPSA) is 74.6 Å². The second-order valence-electron chi connectivity index (χ2n) is 14.7. The lowest BCUT2D eigenvalue weighted by Crippen LogP contribution is -2.19. The van der Waals surface area contributed by atoms with E-state index in [-0.39, 0.29) is 44.7 Å². The summed E-state index contributed by atoms with van der Waals surface area (Å²) in [5.74, 6) is 0.105. The van der Waals surface area contributed by atoms with Crippen molar-refractivity contribution >= 4 is 22.9 Å². The average molecular weight is 549 g/mol. The smallest absolute Gasteiger partial charge is 0.202 e. The number of thiophene rings is 1. The standard InChI is InChI=1S/C34H44O4S/c1-31(2,3)21-15-19(16-22(29(21)37)32(4,5)6)27(35)25-13-14-26(39-25)28(36)20-17-23(33(7,8)9)30(38)24(18-20)34(10,11)12/h13-18,37-38H,1-12H3. The molecule has 5 heteroatoms. The van der Waals surface area contributed by atoms with Gasteiger partial charge in [-0.05, 0) is 58.1 Å². The summed E-state index contributed by atoms with van der Waals surface area (Å²) in [5, 5.41) is 22.1. The molecule has 0 aliphatic rings. The van der Waals surface area contributed by atoms with E-state index in [1.165, 1.54) is 11.3 Å². The van der Waals surface area contributed by atoms with Crippen molar-refractivity contribution in [3.63, 3.8) is 0 Å². The molecule has 0 unspecified atom stereocenters. The fourth-order valence-electron chi connectivity index (χ4n) is 4.68. The van der Waals surface area contributed by atoms with Crippen molar-refractivity contribution in [2.24, 2.45) is 0 Å². The summed E-state index contributed by atoms with van der Waals surface area (Å²) in [4.78, 5) is 28.3. The van der Waals surface area contributed by atoms with Gasteiger partial charge >= 0.3 is 0 Å². The monoisotopic (exact) mass is 548 g/mol. The maximum absolute atomic E-state index is 13.7. The minimum absolute atomic E-state index is 0.175. The van der Waals surface area contributed by atoms with Crippen LogP contribution in [0.3, 0.4) is 0 Å². The number of phenols is 2. The summed E-state index contributed by atoms with van der Waals surface area (Å²) in [6, 6.07) is 10.5. The van der Waals surface area contributed by atoms with Crippen molar-refractivity contribution in [1.82, 2.24) is 0 Å². The number of ketones is 2. The molecule has 210 valence electrons. The lowest BCUT2D eigenvalue weighted by molar-refractivity contribution is 0.103. The van der Waals surface area contributed by atoms with Crippen LogP contribution in [0.2, 0.25) is 0 Å². The quantitative estimate of drug-likeness (QED) is 0.319. The Morgan fingerprint density at radius 3 is 0.949 bits per heavy atom. The molecule has 0 saturated heterocycles. The summed E-state index contributed by atoms with van der Waals surface area (Å²) < 4.78 is 0. The summed E-state index contributed by atoms with van der Waals surface area (Å²) in [6.07, 6.45) is 0. The van der Waals surface area contributed by atoms with Gasteiger partial charge in [0.25, 0.3) is 0 Å². The highest BCUT2D eigenvalue weighted by Gasteiger charge is 2.30. The molecule has 4 nitrogen and oxygen atoms in total. The van der Waals surface area contributed by atoms with E-state index >= 15 is 0 Å². The van der Waals surface area contributed by atoms with Gasteiger partial charge in [0.15, 0.2) is 0 Å². The molecule has 2 aromatic carbocycles. The van der Waals surface area contributed by atoms with Crippen LogP contribution in [-0.4, -0.2) is 21.8 Å². The third-order valence-corrected chi connectivity index (χ3v) is 8.11. The third-order valence-electron chi connectivity index (χ3n) is 7.03. The zero-order valence-electron chi connectivity index (χ0n) is 25.6. The van der Waals surface area contributed by atoms with Gasteiger partial charge in [-0.3, -0.25) is 9.59 Å². The molecule has 0 radical (unpaired) electrons. The van der Waals surface area contributed by atoms with Crippen LogP contribution >= 0.6 is 11.3 Å². The van der Waals surface area contributed by atoms with Gasteiger partial charge in [0.05, 0.1) is 9.75 Å². The molecule has 0 amide bonds. The van der Waals surface area contributed by atoms with Gasteiger partial charge in [-0.15, -0.1) is 11.3 Å². The maximum atomic E-state index is 13.7. The molecule has 1 heterocycles. The van der Waals surface area contributed by atoms with Crippen LogP contribution in [0.4, 0.5) is 0 Å². The van der Waals surface area contributed by atoms with E-state index in [1.807, 2.05) is 83.1 Å². The van der Waals surface area contributed by atoms with Crippen LogP contribution < -0.4 is 0 Å². The molecule has 0 saturated carbocycles. The van der Waals surface area contributed by atoms with Crippen LogP contribution in [0.15, 0.2) is 36.4 Å². The second kappa shape index (κ2) is 9.92. The molecule has 0 aliphatic heterocycles. The predicted molar refractivity (Wildman–Crippen MR) is 162 cm³/mol. The lowest BCUT2D eigenvalue weighted by Gasteiger charge is -2.28. The first-order valence-electron chi connectivity index (χ1n) is 13.5. The largest absolute Gasteiger partial charge is 0.507 e. The Bertz CT molecular complexity index is 1250. The van der Waals surface area contributed by atoms with Crippen LogP contribution in [0.5, 0.6) is 11.5 Å². The van der Waals surface area contributed by atoms with Gasteiger partial charge < -0.3 is 10.2 Å². The zero-order chi connectivity index (χ0) is 29.9. The highest BCUT2D eigenvalue weighted by atomic mass is 32.1. The predicted octanol–water partition coefficient (Wildman–Crippen LogP) is 8.81. The number of phenolic OH excluding ortho intramolecular Hbond substituents is 2. The van der Waals surface area contributed by atoms with E-state index in [0.29, 0.717) is 20.9 Å². The summed E-state index contributed by atoms with van der Waals surface area (Å²) in [7, 11) is 0. The Hall–Kier alpha value is -2.92. The van der Waals surface area contributed by atoms with E-state index in [1.54, 1.807) is 36.4 Å². The molecule has 0 bridgehead atoms. The van der Waals surface area contributed by atoms with Crippen molar-refractivity contribution in [2.45, 2.75) is 105 Å². The Labute approximate surface area is 238 Å². The minimum atomic E-state index is -0.356. The molecule has 0 fully saturated rings. The van der Waals surface area contributed by atoms with Crippen molar-refractivity contribution in [3.8, 4) is 11.5 Å². The number of aromatic hydroxyl groups is 2. The van der Waals surface area contributed by atoms with Crippen LogP contribution in [0.1, 0.15) is 136 Å². The number of carbonyl (C=O) groups is 2. The third kappa shape index (κ3) is 6.30. The molecule has 0 spiro atoms. The summed E-state index contributed by atoms with van der Waals surface area (Å²) in [5.41, 5.74) is 2.46. The van der Waals surface area contributed by atoms with Crippen LogP contribution in [0.25, 0.3) is 0 Å². The second-order valence-corrected chi connectivity index (χ2v) is 15.7. The number of hydrogen-bond donors (Lipinski definition) is 2. The van der Waals surface area contributed by atoms with Crippen molar-refractivity contribution < 1.29 is 19.8 Å². The number of benzene rings is 2. The number of rotatable bonds is 4. The molecular weight excluding hydrogens is 504 g/mol. The van der Waals surface area contributed by atoms with Gasteiger partial charge in [-0.25, -0.2) is 0 Å². The Morgan fingerprint density at radius 2 is 0.744 bits per heavy atom. The van der Waals surface area contributed by atoms with E-state index in [2.05, 4.69) is 0 Å². The normalized spacial score (nSPS) is 13.0. The number of carbonyl (C=O) groups excluding carboxylic acids is 2. The molecule has 39 heavy (non-hydrogen) atoms. The van der Waals surface area contributed by atoms with E-state index in [0.717, 1.165) is 22.3 Å². The lowest BCUT2D eigenvalue weighted by atomic mass is 9.78. The van der Waals surface area contributed by atoms with Gasteiger partial charge in [-0.2, -0.15) is 0 Å². The first kappa shape index (κ1) is 30.6. The summed E-state index contributed by atoms with van der Waals surface area (Å²) in [6.45, 7) is 24.2. The van der Waals surface area contributed by atoms with Gasteiger partial charge in [0.2, 0.25) is 11.6 Å². The molecular formula is C34H44O4S. The minimum Gasteiger partial charge on any atom is -0.507 e. The van der Waals surface area contributed by atoms with Crippen molar-refractivity contribution in [2.75, 3.05) is 0 Å². The highest BCUT2D eigenvalue weighted by Crippen LogP contribution is 2.42. The fourth-order valence-corrected chi connectivity index (χ4v) is 5.61. The average Bonchev–Trinajstić information content (AvgIpc) is 3.25. The molecule has 3 aromatic rings. The maximum Gasteiger partial charge on any atom is 0.202 e. The molecule has 1 aromatic heterocycles. The Morgan fingerprint density at radius 1 is 0.513 bits per heavy atom. The fraction of sp³-hybridized carbons (Fsp3) is 0.471. The van der Waals surface area contributed by atoms with E-state index in [4.69, 9.17) is 0 Å². The Balaban J connectivity index is 2.10. The number of hydrogen-bond acceptors (Lipinski definition) is 5. The highest BCUT2D eigenvalue weighted by molar-refractivity contribution is 7.16. The van der Waals surface area contributed by atoms with Gasteiger partial charge in [0, 0.05) is 33.4 Å². The zero-order valence-corrected chi connectivity index (χ0v) is 26.4. The summed E-state index contributed by atoms with van der Waals surface area (Å²) >= 11 is 1.18. The molecule has 3 rings (SSSR count). The molecule has 2 N–H and O–H groups in total. The van der Waals surface area contributed by atoms with E-state index in [9.17, 15) is 19.8 Å². The van der Waals surface area contributed by atoms with Crippen molar-refractivity contribution in [1.29, 1.82) is 0 Å². The molecule has 0 aliphatic carbocycles. The first-order valence-corrected chi connectivity index (χ1v) is 14.3. The molecule has 0 atom stereocenters. The van der Waals surface area contributed by atoms with Crippen LogP contribution in [0, 0.1) is 0 Å². The van der Waals surface area contributed by atoms with Gasteiger partial charge in [0.1, 0.15) is 11.5 Å².